The van der Waals surface area contributed by atoms with Crippen LogP contribution in [0.1, 0.15) is 33.6 Å². The molecule has 0 saturated carbocycles. The van der Waals surface area contributed by atoms with Crippen molar-refractivity contribution in [3.8, 4) is 0 Å². The molecule has 1 aliphatic rings. The number of aliphatic carboxylic acids is 1. The topological polar surface area (TPSA) is 81.1 Å². The maximum absolute atomic E-state index is 12.4. The molecular weight excluding hydrogens is 248 g/mol. The molecule has 1 aliphatic heterocycles. The maximum atomic E-state index is 12.4. The number of hydrogen-bond donors (Lipinski definition) is 2. The molecule has 1 fully saturated rings. The number of carbonyl (C=O) groups is 2. The fourth-order valence-electron chi connectivity index (χ4n) is 2.25. The molecule has 0 radical (unpaired) electrons. The molecule has 19 heavy (non-hydrogen) atoms. The number of carboxylic acid groups (broad SMARTS) is 1. The van der Waals surface area contributed by atoms with E-state index in [4.69, 9.17) is 10.2 Å². The number of amides is 2. The summed E-state index contributed by atoms with van der Waals surface area (Å²) in [6.45, 7) is 7.16. The van der Waals surface area contributed by atoms with Crippen LogP contribution in [0.4, 0.5) is 4.79 Å². The number of aliphatic hydroxyl groups is 1. The molecule has 0 aromatic rings. The van der Waals surface area contributed by atoms with E-state index in [1.165, 1.54) is 0 Å². The van der Waals surface area contributed by atoms with E-state index in [1.54, 1.807) is 9.80 Å². The fourth-order valence-corrected chi connectivity index (χ4v) is 2.25. The number of rotatable bonds is 4. The average Bonchev–Trinajstić information content (AvgIpc) is 2.75. The summed E-state index contributed by atoms with van der Waals surface area (Å²) in [5.74, 6) is -0.762. The first-order valence-electron chi connectivity index (χ1n) is 6.65. The van der Waals surface area contributed by atoms with Crippen molar-refractivity contribution in [1.29, 1.82) is 0 Å². The second kappa shape index (κ2) is 6.23. The molecule has 0 aliphatic carbocycles. The Morgan fingerprint density at radius 2 is 2.00 bits per heavy atom. The first-order chi connectivity index (χ1) is 8.75. The SMILES string of the molecule is CC(C)(C)N(CCC(=O)O)C(=O)N1CCC(CO)C1. The third kappa shape index (κ3) is 4.38. The summed E-state index contributed by atoms with van der Waals surface area (Å²) < 4.78 is 0. The van der Waals surface area contributed by atoms with Crippen molar-refractivity contribution in [3.63, 3.8) is 0 Å². The van der Waals surface area contributed by atoms with Gasteiger partial charge in [-0.05, 0) is 27.2 Å². The lowest BCUT2D eigenvalue weighted by Gasteiger charge is -2.38. The first-order valence-corrected chi connectivity index (χ1v) is 6.65. The van der Waals surface area contributed by atoms with Gasteiger partial charge in [-0.25, -0.2) is 4.79 Å². The van der Waals surface area contributed by atoms with Gasteiger partial charge in [-0.15, -0.1) is 0 Å². The molecule has 0 bridgehead atoms. The van der Waals surface area contributed by atoms with Crippen LogP contribution in [0.25, 0.3) is 0 Å². The maximum Gasteiger partial charge on any atom is 0.320 e. The van der Waals surface area contributed by atoms with Gasteiger partial charge in [0.1, 0.15) is 0 Å². The summed E-state index contributed by atoms with van der Waals surface area (Å²) in [4.78, 5) is 26.4. The van der Waals surface area contributed by atoms with Crippen LogP contribution < -0.4 is 0 Å². The highest BCUT2D eigenvalue weighted by atomic mass is 16.4. The van der Waals surface area contributed by atoms with Gasteiger partial charge in [0.05, 0.1) is 6.42 Å². The Bertz CT molecular complexity index is 338. The Morgan fingerprint density at radius 1 is 1.37 bits per heavy atom. The lowest BCUT2D eigenvalue weighted by atomic mass is 10.1. The van der Waals surface area contributed by atoms with E-state index in [2.05, 4.69) is 0 Å². The Labute approximate surface area is 114 Å². The van der Waals surface area contributed by atoms with Crippen LogP contribution in [0.15, 0.2) is 0 Å². The minimum absolute atomic E-state index is 0.0553. The van der Waals surface area contributed by atoms with Crippen LogP contribution in [-0.2, 0) is 4.79 Å². The number of carbonyl (C=O) groups excluding carboxylic acids is 1. The van der Waals surface area contributed by atoms with Crippen molar-refractivity contribution in [2.24, 2.45) is 5.92 Å². The number of carboxylic acids is 1. The number of likely N-dealkylation sites (tertiary alicyclic amines) is 1. The molecule has 6 nitrogen and oxygen atoms in total. The van der Waals surface area contributed by atoms with E-state index in [9.17, 15) is 9.59 Å². The van der Waals surface area contributed by atoms with Crippen molar-refractivity contribution in [1.82, 2.24) is 9.80 Å². The predicted octanol–water partition coefficient (Wildman–Crippen LogP) is 0.996. The Morgan fingerprint density at radius 3 is 2.42 bits per heavy atom. The van der Waals surface area contributed by atoms with Gasteiger partial charge in [0, 0.05) is 37.7 Å². The van der Waals surface area contributed by atoms with Crippen molar-refractivity contribution in [2.75, 3.05) is 26.2 Å². The van der Waals surface area contributed by atoms with Gasteiger partial charge in [0.2, 0.25) is 0 Å². The van der Waals surface area contributed by atoms with E-state index in [0.717, 1.165) is 6.42 Å². The molecule has 0 spiro atoms. The van der Waals surface area contributed by atoms with Gasteiger partial charge < -0.3 is 20.0 Å². The molecule has 2 N–H and O–H groups in total. The van der Waals surface area contributed by atoms with Crippen LogP contribution in [-0.4, -0.2) is 63.8 Å². The number of urea groups is 1. The molecule has 2 amide bonds. The quantitative estimate of drug-likeness (QED) is 0.800. The van der Waals surface area contributed by atoms with Crippen molar-refractivity contribution in [2.45, 2.75) is 39.2 Å². The third-order valence-corrected chi connectivity index (χ3v) is 3.40. The Balaban J connectivity index is 2.69. The summed E-state index contributed by atoms with van der Waals surface area (Å²) in [7, 11) is 0. The highest BCUT2D eigenvalue weighted by Crippen LogP contribution is 2.21. The molecule has 110 valence electrons. The Hall–Kier alpha value is -1.30. The number of aliphatic hydroxyl groups excluding tert-OH is 1. The van der Waals surface area contributed by atoms with E-state index in [1.807, 2.05) is 20.8 Å². The van der Waals surface area contributed by atoms with Gasteiger partial charge in [-0.1, -0.05) is 0 Å². The molecule has 6 heteroatoms. The molecule has 1 unspecified atom stereocenters. The summed E-state index contributed by atoms with van der Waals surface area (Å²) >= 11 is 0. The van der Waals surface area contributed by atoms with Crippen LogP contribution >= 0.6 is 0 Å². The molecule has 1 atom stereocenters. The predicted molar refractivity (Wildman–Crippen MR) is 70.9 cm³/mol. The fraction of sp³-hybridized carbons (Fsp3) is 0.846. The van der Waals surface area contributed by atoms with Gasteiger partial charge >= 0.3 is 12.0 Å². The molecule has 0 aromatic carbocycles. The third-order valence-electron chi connectivity index (χ3n) is 3.40. The highest BCUT2D eigenvalue weighted by molar-refractivity contribution is 5.76. The lowest BCUT2D eigenvalue weighted by molar-refractivity contribution is -0.137. The number of nitrogens with zero attached hydrogens (tertiary/aromatic N) is 2. The van der Waals surface area contributed by atoms with E-state index in [0.29, 0.717) is 13.1 Å². The zero-order valence-corrected chi connectivity index (χ0v) is 11.9. The molecule has 1 saturated heterocycles. The molecule has 1 heterocycles. The molecule has 0 aromatic heterocycles. The van der Waals surface area contributed by atoms with E-state index >= 15 is 0 Å². The first kappa shape index (κ1) is 15.8. The second-order valence-corrected chi connectivity index (χ2v) is 6.03. The standard InChI is InChI=1S/C13H24N2O4/c1-13(2,3)15(7-5-11(17)18)12(19)14-6-4-10(8-14)9-16/h10,16H,4-9H2,1-3H3,(H,17,18). The van der Waals surface area contributed by atoms with Gasteiger partial charge in [-0.2, -0.15) is 0 Å². The summed E-state index contributed by atoms with van der Waals surface area (Å²) in [6, 6.07) is -0.135. The molecular formula is C13H24N2O4. The average molecular weight is 272 g/mol. The minimum Gasteiger partial charge on any atom is -0.481 e. The largest absolute Gasteiger partial charge is 0.481 e. The lowest BCUT2D eigenvalue weighted by Crippen LogP contribution is -2.52. The van der Waals surface area contributed by atoms with Crippen molar-refractivity contribution < 1.29 is 19.8 Å². The van der Waals surface area contributed by atoms with E-state index in [-0.39, 0.29) is 31.5 Å². The minimum atomic E-state index is -0.906. The van der Waals surface area contributed by atoms with Crippen molar-refractivity contribution in [3.05, 3.63) is 0 Å². The highest BCUT2D eigenvalue weighted by Gasteiger charge is 2.33. The van der Waals surface area contributed by atoms with Gasteiger partial charge in [0.15, 0.2) is 0 Å². The normalized spacial score (nSPS) is 19.6. The van der Waals surface area contributed by atoms with Gasteiger partial charge in [-0.3, -0.25) is 4.79 Å². The molecule has 1 rings (SSSR count). The monoisotopic (exact) mass is 272 g/mol. The smallest absolute Gasteiger partial charge is 0.320 e. The number of hydrogen-bond acceptors (Lipinski definition) is 3. The van der Waals surface area contributed by atoms with Crippen LogP contribution in [0, 0.1) is 5.92 Å². The van der Waals surface area contributed by atoms with Crippen LogP contribution in [0.2, 0.25) is 0 Å². The van der Waals surface area contributed by atoms with Gasteiger partial charge in [0.25, 0.3) is 0 Å². The Kier molecular flexibility index (Phi) is 5.17. The summed E-state index contributed by atoms with van der Waals surface area (Å²) in [5.41, 5.74) is -0.413. The zero-order valence-electron chi connectivity index (χ0n) is 11.9. The van der Waals surface area contributed by atoms with Crippen LogP contribution in [0.3, 0.4) is 0 Å². The summed E-state index contributed by atoms with van der Waals surface area (Å²) in [6.07, 6.45) is 0.749. The zero-order chi connectivity index (χ0) is 14.6. The summed E-state index contributed by atoms with van der Waals surface area (Å²) in [5, 5.41) is 17.9. The van der Waals surface area contributed by atoms with Crippen LogP contribution in [0.5, 0.6) is 0 Å². The van der Waals surface area contributed by atoms with E-state index < -0.39 is 11.5 Å². The second-order valence-electron chi connectivity index (χ2n) is 6.03. The van der Waals surface area contributed by atoms with Crippen molar-refractivity contribution >= 4 is 12.0 Å².